The Morgan fingerprint density at radius 1 is 1.45 bits per heavy atom. The molecule has 0 aliphatic rings. The van der Waals surface area contributed by atoms with E-state index >= 15 is 0 Å². The predicted octanol–water partition coefficient (Wildman–Crippen LogP) is 0.496. The monoisotopic (exact) mass is 180 g/mol. The highest BCUT2D eigenvalue weighted by atomic mass is 35.5. The molecule has 0 saturated heterocycles. The van der Waals surface area contributed by atoms with Crippen molar-refractivity contribution in [3.05, 3.63) is 0 Å². The standard InChI is InChI=1S/C7H16N2O.ClH/c1-4-7(10)8-5-6-9(2)3;/h4-6H2,1-3H3,(H,8,10);1H. The van der Waals surface area contributed by atoms with Crippen LogP contribution in [-0.4, -0.2) is 38.0 Å². The fourth-order valence-corrected chi connectivity index (χ4v) is 0.544. The highest BCUT2D eigenvalue weighted by Gasteiger charge is 1.94. The van der Waals surface area contributed by atoms with E-state index in [2.05, 4.69) is 5.32 Å². The van der Waals surface area contributed by atoms with Crippen LogP contribution < -0.4 is 5.32 Å². The Morgan fingerprint density at radius 2 is 2.00 bits per heavy atom. The van der Waals surface area contributed by atoms with Gasteiger partial charge in [-0.15, -0.1) is 12.4 Å². The first-order chi connectivity index (χ1) is 4.66. The fourth-order valence-electron chi connectivity index (χ4n) is 0.544. The first kappa shape index (κ1) is 13.3. The number of nitrogens with zero attached hydrogens (tertiary/aromatic N) is 1. The van der Waals surface area contributed by atoms with Crippen LogP contribution in [0.1, 0.15) is 13.3 Å². The number of carbonyl (C=O) groups excluding carboxylic acids is 1. The maximum absolute atomic E-state index is 10.7. The third kappa shape index (κ3) is 9.72. The van der Waals surface area contributed by atoms with Crippen LogP contribution in [0.3, 0.4) is 0 Å². The van der Waals surface area contributed by atoms with Gasteiger partial charge in [0.2, 0.25) is 5.91 Å². The number of hydrogen-bond acceptors (Lipinski definition) is 2. The minimum Gasteiger partial charge on any atom is -0.355 e. The average molecular weight is 181 g/mol. The van der Waals surface area contributed by atoms with Gasteiger partial charge in [-0.2, -0.15) is 0 Å². The van der Waals surface area contributed by atoms with Crippen molar-refractivity contribution < 1.29 is 4.79 Å². The van der Waals surface area contributed by atoms with Crippen molar-refractivity contribution in [3.8, 4) is 0 Å². The van der Waals surface area contributed by atoms with Gasteiger partial charge in [0.05, 0.1) is 0 Å². The predicted molar refractivity (Wildman–Crippen MR) is 49.1 cm³/mol. The van der Waals surface area contributed by atoms with Gasteiger partial charge in [-0.1, -0.05) is 6.92 Å². The molecule has 0 saturated carbocycles. The zero-order valence-corrected chi connectivity index (χ0v) is 8.20. The second-order valence-corrected chi connectivity index (χ2v) is 2.51. The third-order valence-corrected chi connectivity index (χ3v) is 1.20. The molecule has 0 bridgehead atoms. The fraction of sp³-hybridized carbons (Fsp3) is 0.857. The van der Waals surface area contributed by atoms with Crippen molar-refractivity contribution in [1.29, 1.82) is 0 Å². The van der Waals surface area contributed by atoms with E-state index in [9.17, 15) is 4.79 Å². The van der Waals surface area contributed by atoms with Gasteiger partial charge in [0.15, 0.2) is 0 Å². The van der Waals surface area contributed by atoms with Gasteiger partial charge in [-0.25, -0.2) is 0 Å². The minimum absolute atomic E-state index is 0. The van der Waals surface area contributed by atoms with Crippen LogP contribution in [0.25, 0.3) is 0 Å². The zero-order valence-electron chi connectivity index (χ0n) is 7.39. The van der Waals surface area contributed by atoms with Crippen LogP contribution >= 0.6 is 12.4 Å². The maximum atomic E-state index is 10.7. The van der Waals surface area contributed by atoms with Crippen molar-refractivity contribution >= 4 is 18.3 Å². The van der Waals surface area contributed by atoms with E-state index in [1.54, 1.807) is 0 Å². The summed E-state index contributed by atoms with van der Waals surface area (Å²) in [6.45, 7) is 3.51. The molecule has 0 rings (SSSR count). The Kier molecular flexibility index (Phi) is 9.47. The van der Waals surface area contributed by atoms with E-state index in [1.807, 2.05) is 25.9 Å². The van der Waals surface area contributed by atoms with Crippen LogP contribution in [0.15, 0.2) is 0 Å². The van der Waals surface area contributed by atoms with Crippen molar-refractivity contribution in [3.63, 3.8) is 0 Å². The summed E-state index contributed by atoms with van der Waals surface area (Å²) in [4.78, 5) is 12.7. The lowest BCUT2D eigenvalue weighted by Crippen LogP contribution is -2.30. The number of nitrogens with one attached hydrogen (secondary N) is 1. The van der Waals surface area contributed by atoms with E-state index in [4.69, 9.17) is 0 Å². The van der Waals surface area contributed by atoms with Crippen molar-refractivity contribution in [1.82, 2.24) is 10.2 Å². The molecule has 0 aromatic carbocycles. The van der Waals surface area contributed by atoms with Crippen molar-refractivity contribution in [2.75, 3.05) is 27.2 Å². The van der Waals surface area contributed by atoms with Crippen LogP contribution in [0.4, 0.5) is 0 Å². The number of rotatable bonds is 4. The van der Waals surface area contributed by atoms with E-state index in [0.29, 0.717) is 6.42 Å². The largest absolute Gasteiger partial charge is 0.355 e. The highest BCUT2D eigenvalue weighted by Crippen LogP contribution is 1.75. The summed E-state index contributed by atoms with van der Waals surface area (Å²) >= 11 is 0. The smallest absolute Gasteiger partial charge is 0.219 e. The quantitative estimate of drug-likeness (QED) is 0.684. The molecule has 0 heterocycles. The topological polar surface area (TPSA) is 32.3 Å². The zero-order chi connectivity index (χ0) is 7.98. The Morgan fingerprint density at radius 3 is 2.36 bits per heavy atom. The molecule has 1 N–H and O–H groups in total. The Bertz CT molecular complexity index is 107. The molecule has 0 aromatic heterocycles. The van der Waals surface area contributed by atoms with E-state index < -0.39 is 0 Å². The van der Waals surface area contributed by atoms with Crippen LogP contribution in [0.2, 0.25) is 0 Å². The summed E-state index contributed by atoms with van der Waals surface area (Å²) in [5.41, 5.74) is 0. The van der Waals surface area contributed by atoms with Crippen LogP contribution in [0.5, 0.6) is 0 Å². The van der Waals surface area contributed by atoms with Crippen molar-refractivity contribution in [2.24, 2.45) is 0 Å². The summed E-state index contributed by atoms with van der Waals surface area (Å²) in [6, 6.07) is 0. The van der Waals surface area contributed by atoms with Gasteiger partial charge in [-0.3, -0.25) is 4.79 Å². The second-order valence-electron chi connectivity index (χ2n) is 2.51. The normalized spacial score (nSPS) is 9.09. The first-order valence-corrected chi connectivity index (χ1v) is 3.58. The van der Waals surface area contributed by atoms with Gasteiger partial charge in [0, 0.05) is 19.5 Å². The van der Waals surface area contributed by atoms with Crippen LogP contribution in [0, 0.1) is 0 Å². The lowest BCUT2D eigenvalue weighted by molar-refractivity contribution is -0.120. The molecule has 1 amide bonds. The molecule has 4 heteroatoms. The Balaban J connectivity index is 0. The average Bonchev–Trinajstić information content (AvgIpc) is 1.87. The molecule has 0 spiro atoms. The molecule has 0 fully saturated rings. The number of likely N-dealkylation sites (N-methyl/N-ethyl adjacent to an activating group) is 1. The van der Waals surface area contributed by atoms with Gasteiger partial charge in [0.1, 0.15) is 0 Å². The van der Waals surface area contributed by atoms with Crippen LogP contribution in [-0.2, 0) is 4.79 Å². The highest BCUT2D eigenvalue weighted by molar-refractivity contribution is 5.85. The Hall–Kier alpha value is -0.280. The lowest BCUT2D eigenvalue weighted by atomic mass is 10.4. The summed E-state index contributed by atoms with van der Waals surface area (Å²) in [5, 5.41) is 2.78. The number of amides is 1. The number of halogens is 1. The summed E-state index contributed by atoms with van der Waals surface area (Å²) in [5.74, 6) is 0.127. The molecule has 0 atom stereocenters. The second kappa shape index (κ2) is 7.82. The molecule has 11 heavy (non-hydrogen) atoms. The molecule has 0 aromatic rings. The minimum atomic E-state index is 0. The molecule has 0 unspecified atom stereocenters. The van der Waals surface area contributed by atoms with Gasteiger partial charge in [-0.05, 0) is 14.1 Å². The Labute approximate surface area is 74.6 Å². The first-order valence-electron chi connectivity index (χ1n) is 3.58. The summed E-state index contributed by atoms with van der Waals surface area (Å²) < 4.78 is 0. The van der Waals surface area contributed by atoms with Gasteiger partial charge in [0.25, 0.3) is 0 Å². The van der Waals surface area contributed by atoms with E-state index in [-0.39, 0.29) is 18.3 Å². The molecule has 0 radical (unpaired) electrons. The third-order valence-electron chi connectivity index (χ3n) is 1.20. The molecule has 3 nitrogen and oxygen atoms in total. The SMILES string of the molecule is CCC(=O)NCCN(C)C.Cl. The summed E-state index contributed by atoms with van der Waals surface area (Å²) in [7, 11) is 3.97. The molecular formula is C7H17ClN2O. The molecule has 0 aliphatic carbocycles. The van der Waals surface area contributed by atoms with E-state index in [1.165, 1.54) is 0 Å². The molecule has 68 valence electrons. The van der Waals surface area contributed by atoms with Crippen molar-refractivity contribution in [2.45, 2.75) is 13.3 Å². The van der Waals surface area contributed by atoms with E-state index in [0.717, 1.165) is 13.1 Å². The lowest BCUT2D eigenvalue weighted by Gasteiger charge is -2.09. The molecular weight excluding hydrogens is 164 g/mol. The maximum Gasteiger partial charge on any atom is 0.219 e. The number of carbonyl (C=O) groups is 1. The number of hydrogen-bond donors (Lipinski definition) is 1. The van der Waals surface area contributed by atoms with Gasteiger partial charge < -0.3 is 10.2 Å². The molecule has 0 aliphatic heterocycles. The van der Waals surface area contributed by atoms with Gasteiger partial charge >= 0.3 is 0 Å². The summed E-state index contributed by atoms with van der Waals surface area (Å²) in [6.07, 6.45) is 0.577.